The average Bonchev–Trinajstić information content (AvgIpc) is 3.42. The Kier molecular flexibility index (Phi) is 4.44. The molecule has 0 bridgehead atoms. The maximum Gasteiger partial charge on any atom is 0.241 e. The van der Waals surface area contributed by atoms with Crippen LogP contribution in [0.3, 0.4) is 0 Å². The number of hydrogen-bond acceptors (Lipinski definition) is 6. The Hall–Kier alpha value is -2.04. The number of halogens is 1. The van der Waals surface area contributed by atoms with Crippen LogP contribution in [-0.2, 0) is 10.0 Å². The molecular weight excluding hydrogens is 373 g/mol. The lowest BCUT2D eigenvalue weighted by molar-refractivity contribution is 0.0946. The van der Waals surface area contributed by atoms with Crippen LogP contribution in [0.1, 0.15) is 31.9 Å². The second-order valence-corrected chi connectivity index (χ2v) is 9.46. The number of nitrogens with one attached hydrogen (secondary N) is 1. The zero-order valence-electron chi connectivity index (χ0n) is 15.0. The standard InChI is InChI=1S/C17H22FN5O3S/c1-10(2)14-7-12(18)15-8-19-17(21-23(14)15)20-13-5-6-22(9-16(13)24)27(25,26)11-3-4-11/h7-8,11,13,16,24H,1,3-6,9H2,2H3,(H,20,21)/t13-,16-/m1/s1. The van der Waals surface area contributed by atoms with Gasteiger partial charge in [0.2, 0.25) is 16.0 Å². The molecule has 2 fully saturated rings. The number of fused-ring (bicyclic) bond motifs is 1. The predicted octanol–water partition coefficient (Wildman–Crippen LogP) is 1.24. The lowest BCUT2D eigenvalue weighted by Crippen LogP contribution is -2.52. The Morgan fingerprint density at radius 3 is 2.78 bits per heavy atom. The summed E-state index contributed by atoms with van der Waals surface area (Å²) in [7, 11) is -3.30. The third-order valence-electron chi connectivity index (χ3n) is 5.07. The molecule has 1 aliphatic carbocycles. The highest BCUT2D eigenvalue weighted by Crippen LogP contribution is 2.32. The second-order valence-electron chi connectivity index (χ2n) is 7.25. The predicted molar refractivity (Wildman–Crippen MR) is 99.2 cm³/mol. The number of hydrogen-bond donors (Lipinski definition) is 2. The minimum atomic E-state index is -3.30. The van der Waals surface area contributed by atoms with Crippen LogP contribution in [-0.4, -0.2) is 62.9 Å². The number of sulfonamides is 1. The number of rotatable bonds is 5. The Bertz CT molecular complexity index is 1000. The van der Waals surface area contributed by atoms with Gasteiger partial charge in [-0.25, -0.2) is 22.3 Å². The molecule has 0 spiro atoms. The number of anilines is 1. The maximum atomic E-state index is 14.0. The summed E-state index contributed by atoms with van der Waals surface area (Å²) in [6.07, 6.45) is 2.32. The molecule has 4 rings (SSSR count). The smallest absolute Gasteiger partial charge is 0.241 e. The number of allylic oxidation sites excluding steroid dienone is 1. The largest absolute Gasteiger partial charge is 0.390 e. The molecule has 2 N–H and O–H groups in total. The van der Waals surface area contributed by atoms with Crippen molar-refractivity contribution in [2.75, 3.05) is 18.4 Å². The fraction of sp³-hybridized carbons (Fsp3) is 0.529. The van der Waals surface area contributed by atoms with Crippen molar-refractivity contribution in [1.29, 1.82) is 0 Å². The zero-order valence-corrected chi connectivity index (χ0v) is 15.8. The Morgan fingerprint density at radius 2 is 2.15 bits per heavy atom. The van der Waals surface area contributed by atoms with Crippen LogP contribution in [0, 0.1) is 5.82 Å². The zero-order chi connectivity index (χ0) is 19.3. The molecule has 1 aliphatic heterocycles. The van der Waals surface area contributed by atoms with E-state index in [0.717, 1.165) is 0 Å². The first-order chi connectivity index (χ1) is 12.8. The molecule has 0 amide bonds. The fourth-order valence-corrected chi connectivity index (χ4v) is 5.24. The van der Waals surface area contributed by atoms with Crippen LogP contribution < -0.4 is 5.32 Å². The van der Waals surface area contributed by atoms with Gasteiger partial charge in [-0.15, -0.1) is 5.10 Å². The van der Waals surface area contributed by atoms with Crippen molar-refractivity contribution in [2.24, 2.45) is 0 Å². The van der Waals surface area contributed by atoms with Crippen molar-refractivity contribution in [1.82, 2.24) is 18.9 Å². The van der Waals surface area contributed by atoms with E-state index in [1.165, 1.54) is 21.1 Å². The number of piperidine rings is 1. The van der Waals surface area contributed by atoms with Gasteiger partial charge in [-0.1, -0.05) is 6.58 Å². The molecule has 2 aromatic rings. The molecule has 10 heteroatoms. The normalized spacial score (nSPS) is 24.3. The third kappa shape index (κ3) is 3.32. The van der Waals surface area contributed by atoms with Crippen LogP contribution in [0.15, 0.2) is 18.8 Å². The molecule has 27 heavy (non-hydrogen) atoms. The first-order valence-corrected chi connectivity index (χ1v) is 10.4. The summed E-state index contributed by atoms with van der Waals surface area (Å²) in [4.78, 5) is 4.12. The summed E-state index contributed by atoms with van der Waals surface area (Å²) >= 11 is 0. The molecule has 146 valence electrons. The summed E-state index contributed by atoms with van der Waals surface area (Å²) in [5.74, 6) is -0.193. The van der Waals surface area contributed by atoms with Crippen LogP contribution in [0.25, 0.3) is 11.1 Å². The molecule has 1 saturated carbocycles. The lowest BCUT2D eigenvalue weighted by Gasteiger charge is -2.35. The number of aromatic nitrogens is 3. The van der Waals surface area contributed by atoms with Gasteiger partial charge < -0.3 is 10.4 Å². The molecule has 0 aromatic carbocycles. The molecule has 0 unspecified atom stereocenters. The van der Waals surface area contributed by atoms with Gasteiger partial charge in [0.25, 0.3) is 0 Å². The van der Waals surface area contributed by atoms with Crippen LogP contribution in [0.4, 0.5) is 10.3 Å². The summed E-state index contributed by atoms with van der Waals surface area (Å²) < 4.78 is 41.4. The topological polar surface area (TPSA) is 99.8 Å². The maximum absolute atomic E-state index is 14.0. The van der Waals surface area contributed by atoms with E-state index in [1.807, 2.05) is 0 Å². The summed E-state index contributed by atoms with van der Waals surface area (Å²) in [6, 6.07) is 0.966. The van der Waals surface area contributed by atoms with Gasteiger partial charge in [0.15, 0.2) is 5.82 Å². The minimum Gasteiger partial charge on any atom is -0.390 e. The third-order valence-corrected chi connectivity index (χ3v) is 7.44. The van der Waals surface area contributed by atoms with Crippen molar-refractivity contribution in [2.45, 2.75) is 43.6 Å². The fourth-order valence-electron chi connectivity index (χ4n) is 3.37. The highest BCUT2D eigenvalue weighted by atomic mass is 32.2. The molecule has 2 atom stereocenters. The quantitative estimate of drug-likeness (QED) is 0.790. The molecular formula is C17H22FN5O3S. The number of aliphatic hydroxyl groups excluding tert-OH is 1. The van der Waals surface area contributed by atoms with E-state index in [9.17, 15) is 17.9 Å². The average molecular weight is 395 g/mol. The van der Waals surface area contributed by atoms with Crippen molar-refractivity contribution in [3.05, 3.63) is 30.4 Å². The van der Waals surface area contributed by atoms with Crippen molar-refractivity contribution in [3.8, 4) is 0 Å². The number of β-amino-alcohol motifs (C(OH)–C–C–N with tert-alkyl or cyclic N) is 1. The van der Waals surface area contributed by atoms with E-state index in [-0.39, 0.29) is 29.3 Å². The second kappa shape index (κ2) is 6.54. The molecule has 3 heterocycles. The summed E-state index contributed by atoms with van der Waals surface area (Å²) in [6.45, 7) is 5.97. The number of nitrogens with zero attached hydrogens (tertiary/aromatic N) is 4. The summed E-state index contributed by atoms with van der Waals surface area (Å²) in [5, 5.41) is 17.5. The van der Waals surface area contributed by atoms with Gasteiger partial charge in [-0.2, -0.15) is 4.31 Å². The molecule has 8 nitrogen and oxygen atoms in total. The van der Waals surface area contributed by atoms with E-state index >= 15 is 0 Å². The van der Waals surface area contributed by atoms with E-state index in [0.29, 0.717) is 37.1 Å². The van der Waals surface area contributed by atoms with E-state index in [4.69, 9.17) is 0 Å². The minimum absolute atomic E-state index is 0.0495. The van der Waals surface area contributed by atoms with Crippen molar-refractivity contribution >= 4 is 27.1 Å². The molecule has 2 aliphatic rings. The Labute approximate surface area is 156 Å². The Morgan fingerprint density at radius 1 is 1.41 bits per heavy atom. The monoisotopic (exact) mass is 395 g/mol. The van der Waals surface area contributed by atoms with E-state index < -0.39 is 21.9 Å². The van der Waals surface area contributed by atoms with Crippen LogP contribution >= 0.6 is 0 Å². The molecule has 0 radical (unpaired) electrons. The SMILES string of the molecule is C=C(C)c1cc(F)c2cnc(N[C@@H]3CCN(S(=O)(=O)C4CC4)C[C@H]3O)nn12. The van der Waals surface area contributed by atoms with Gasteiger partial charge in [0.05, 0.1) is 29.3 Å². The summed E-state index contributed by atoms with van der Waals surface area (Å²) in [5.41, 5.74) is 1.44. The number of aliphatic hydroxyl groups is 1. The van der Waals surface area contributed by atoms with Crippen molar-refractivity contribution in [3.63, 3.8) is 0 Å². The van der Waals surface area contributed by atoms with E-state index in [2.05, 4.69) is 22.0 Å². The van der Waals surface area contributed by atoms with Crippen LogP contribution in [0.2, 0.25) is 0 Å². The van der Waals surface area contributed by atoms with Gasteiger partial charge in [0, 0.05) is 19.2 Å². The lowest BCUT2D eigenvalue weighted by atomic mass is 10.0. The molecule has 1 saturated heterocycles. The highest BCUT2D eigenvalue weighted by molar-refractivity contribution is 7.90. The first kappa shape index (κ1) is 18.3. The van der Waals surface area contributed by atoms with Crippen LogP contribution in [0.5, 0.6) is 0 Å². The van der Waals surface area contributed by atoms with Gasteiger partial charge in [-0.05, 0) is 31.8 Å². The van der Waals surface area contributed by atoms with Gasteiger partial charge in [0.1, 0.15) is 5.52 Å². The van der Waals surface area contributed by atoms with Gasteiger partial charge in [-0.3, -0.25) is 0 Å². The highest BCUT2D eigenvalue weighted by Gasteiger charge is 2.43. The van der Waals surface area contributed by atoms with Gasteiger partial charge >= 0.3 is 0 Å². The van der Waals surface area contributed by atoms with E-state index in [1.54, 1.807) is 6.92 Å². The first-order valence-electron chi connectivity index (χ1n) is 8.91. The van der Waals surface area contributed by atoms with Crippen molar-refractivity contribution < 1.29 is 17.9 Å². The molecule has 2 aromatic heterocycles. The Balaban J connectivity index is 1.51.